The van der Waals surface area contributed by atoms with Crippen molar-refractivity contribution in [2.24, 2.45) is 0 Å². The van der Waals surface area contributed by atoms with E-state index in [0.29, 0.717) is 11.1 Å². The summed E-state index contributed by atoms with van der Waals surface area (Å²) in [7, 11) is -3.00. The lowest BCUT2D eigenvalue weighted by Crippen LogP contribution is -2.74. The summed E-state index contributed by atoms with van der Waals surface area (Å²) in [6.07, 6.45) is 0. The fraction of sp³-hybridized carbons (Fsp3) is 0. The van der Waals surface area contributed by atoms with E-state index in [1.54, 1.807) is 0 Å². The molecule has 55 heavy (non-hydrogen) atoms. The molecule has 0 radical (unpaired) electrons. The van der Waals surface area contributed by atoms with E-state index in [2.05, 4.69) is 179 Å². The van der Waals surface area contributed by atoms with Gasteiger partial charge in [-0.05, 0) is 93.5 Å². The van der Waals surface area contributed by atoms with Crippen molar-refractivity contribution in [1.29, 1.82) is 10.5 Å². The highest BCUT2D eigenvalue weighted by atomic mass is 28.3. The van der Waals surface area contributed by atoms with Crippen LogP contribution in [0.2, 0.25) is 0 Å². The highest BCUT2D eigenvalue weighted by Gasteiger charge is 2.43. The summed E-state index contributed by atoms with van der Waals surface area (Å²) in [5.41, 5.74) is 7.68. The molecule has 0 aliphatic heterocycles. The van der Waals surface area contributed by atoms with Gasteiger partial charge in [-0.2, -0.15) is 10.5 Å². The van der Waals surface area contributed by atoms with Gasteiger partial charge in [-0.1, -0.05) is 121 Å². The summed E-state index contributed by atoms with van der Waals surface area (Å²) in [6.45, 7) is 0. The summed E-state index contributed by atoms with van der Waals surface area (Å²) in [5.74, 6) is 0. The van der Waals surface area contributed by atoms with Crippen molar-refractivity contribution < 1.29 is 0 Å². The number of fused-ring (bicyclic) bond motifs is 6. The zero-order valence-corrected chi connectivity index (χ0v) is 30.8. The number of nitriles is 2. The van der Waals surface area contributed by atoms with Gasteiger partial charge in [0.25, 0.3) is 0 Å². The maximum atomic E-state index is 9.76. The van der Waals surface area contributed by atoms with Crippen LogP contribution in [0.3, 0.4) is 0 Å². The van der Waals surface area contributed by atoms with Crippen LogP contribution < -0.4 is 20.7 Å². The van der Waals surface area contributed by atoms with E-state index in [9.17, 15) is 10.5 Å². The minimum Gasteiger partial charge on any atom is -0.309 e. The molecule has 0 amide bonds. The lowest BCUT2D eigenvalue weighted by atomic mass is 10.1. The van der Waals surface area contributed by atoms with Gasteiger partial charge in [-0.15, -0.1) is 0 Å². The molecule has 0 atom stereocenters. The van der Waals surface area contributed by atoms with Crippen molar-refractivity contribution in [3.8, 4) is 23.5 Å². The zero-order valence-electron chi connectivity index (χ0n) is 29.8. The van der Waals surface area contributed by atoms with E-state index in [4.69, 9.17) is 0 Å². The molecular formula is C50H32N4Si. The van der Waals surface area contributed by atoms with Gasteiger partial charge in [0.05, 0.1) is 45.3 Å². The van der Waals surface area contributed by atoms with Crippen LogP contribution in [0.4, 0.5) is 0 Å². The Labute approximate surface area is 319 Å². The van der Waals surface area contributed by atoms with Gasteiger partial charge < -0.3 is 9.13 Å². The Morgan fingerprint density at radius 3 is 1.40 bits per heavy atom. The van der Waals surface area contributed by atoms with Crippen LogP contribution in [-0.4, -0.2) is 17.2 Å². The largest absolute Gasteiger partial charge is 0.309 e. The molecule has 4 nitrogen and oxygen atoms in total. The molecule has 0 fully saturated rings. The first-order valence-corrected chi connectivity index (χ1v) is 20.4. The highest BCUT2D eigenvalue weighted by molar-refractivity contribution is 7.20. The van der Waals surface area contributed by atoms with Crippen molar-refractivity contribution in [1.82, 2.24) is 9.13 Å². The van der Waals surface area contributed by atoms with E-state index in [-0.39, 0.29) is 0 Å². The standard InChI is InChI=1S/C50H32N4Si/c51-33-35-23-29-46-43(31-35)44-32-36(34-52)24-30-47(44)53(46)38-25-27-41(28-26-38)55(39-15-6-2-7-16-39,40-17-8-3-9-18-40)49-22-12-21-48-50(49)42-19-10-11-20-45(42)54(48)37-13-4-1-5-14-37/h1-32H. The Morgan fingerprint density at radius 2 is 0.818 bits per heavy atom. The number of nitrogens with zero attached hydrogens (tertiary/aromatic N) is 4. The molecule has 0 aliphatic rings. The van der Waals surface area contributed by atoms with Crippen LogP contribution >= 0.6 is 0 Å². The number of benzene rings is 8. The van der Waals surface area contributed by atoms with Gasteiger partial charge in [0.1, 0.15) is 0 Å². The molecule has 0 unspecified atom stereocenters. The monoisotopic (exact) mass is 716 g/mol. The third-order valence-corrected chi connectivity index (χ3v) is 15.9. The molecule has 0 N–H and O–H groups in total. The maximum absolute atomic E-state index is 9.76. The maximum Gasteiger partial charge on any atom is 0.180 e. The molecule has 2 aromatic heterocycles. The van der Waals surface area contributed by atoms with Gasteiger partial charge in [0.2, 0.25) is 0 Å². The zero-order chi connectivity index (χ0) is 36.9. The second-order valence-corrected chi connectivity index (χ2v) is 17.7. The number of hydrogen-bond acceptors (Lipinski definition) is 2. The summed E-state index contributed by atoms with van der Waals surface area (Å²) in [4.78, 5) is 0. The predicted molar refractivity (Wildman–Crippen MR) is 228 cm³/mol. The summed E-state index contributed by atoms with van der Waals surface area (Å²) >= 11 is 0. The second kappa shape index (κ2) is 12.9. The topological polar surface area (TPSA) is 57.4 Å². The molecule has 0 saturated heterocycles. The van der Waals surface area contributed by atoms with Crippen LogP contribution in [0, 0.1) is 22.7 Å². The van der Waals surface area contributed by atoms with Crippen molar-refractivity contribution >= 4 is 72.4 Å². The van der Waals surface area contributed by atoms with Crippen LogP contribution in [0.15, 0.2) is 194 Å². The van der Waals surface area contributed by atoms with Crippen molar-refractivity contribution in [2.45, 2.75) is 0 Å². The number of aromatic nitrogens is 2. The molecule has 256 valence electrons. The molecule has 0 aliphatic carbocycles. The van der Waals surface area contributed by atoms with Gasteiger partial charge in [-0.3, -0.25) is 0 Å². The first kappa shape index (κ1) is 32.2. The molecule has 10 aromatic rings. The van der Waals surface area contributed by atoms with Gasteiger partial charge in [-0.25, -0.2) is 0 Å². The van der Waals surface area contributed by atoms with Gasteiger partial charge >= 0.3 is 0 Å². The van der Waals surface area contributed by atoms with Crippen LogP contribution in [0.5, 0.6) is 0 Å². The van der Waals surface area contributed by atoms with E-state index >= 15 is 0 Å². The Hall–Kier alpha value is -7.44. The Kier molecular flexibility index (Phi) is 7.56. The number of para-hydroxylation sites is 2. The lowest BCUT2D eigenvalue weighted by molar-refractivity contribution is 1.18. The van der Waals surface area contributed by atoms with Crippen molar-refractivity contribution in [2.75, 3.05) is 0 Å². The van der Waals surface area contributed by atoms with Crippen molar-refractivity contribution in [3.05, 3.63) is 205 Å². The second-order valence-electron chi connectivity index (χ2n) is 13.9. The fourth-order valence-corrected chi connectivity index (χ4v) is 13.8. The normalized spacial score (nSPS) is 11.6. The van der Waals surface area contributed by atoms with E-state index in [1.165, 1.54) is 42.6 Å². The first-order valence-electron chi connectivity index (χ1n) is 18.4. The van der Waals surface area contributed by atoms with E-state index < -0.39 is 8.07 Å². The molecule has 0 bridgehead atoms. The molecule has 0 spiro atoms. The van der Waals surface area contributed by atoms with Gasteiger partial charge in [0, 0.05) is 32.9 Å². The summed E-state index contributed by atoms with van der Waals surface area (Å²) in [5, 5.41) is 29.2. The first-order chi connectivity index (χ1) is 27.2. The Bertz CT molecular complexity index is 3040. The molecule has 2 heterocycles. The SMILES string of the molecule is N#Cc1ccc2c(c1)c1cc(C#N)ccc1n2-c1ccc([Si](c2ccccc2)(c2ccccc2)c2cccc3c2c2ccccc2n3-c2ccccc2)cc1. The van der Waals surface area contributed by atoms with Gasteiger partial charge in [0.15, 0.2) is 8.07 Å². The van der Waals surface area contributed by atoms with E-state index in [1.807, 2.05) is 36.4 Å². The number of hydrogen-bond donors (Lipinski definition) is 0. The number of rotatable bonds is 6. The molecule has 8 aromatic carbocycles. The fourth-order valence-electron chi connectivity index (χ4n) is 8.83. The summed E-state index contributed by atoms with van der Waals surface area (Å²) < 4.78 is 4.66. The van der Waals surface area contributed by atoms with Crippen LogP contribution in [0.25, 0.3) is 55.0 Å². The highest BCUT2D eigenvalue weighted by Crippen LogP contribution is 2.35. The molecule has 0 saturated carbocycles. The third kappa shape index (κ3) is 4.88. The average Bonchev–Trinajstić information content (AvgIpc) is 3.78. The average molecular weight is 717 g/mol. The van der Waals surface area contributed by atoms with Crippen molar-refractivity contribution in [3.63, 3.8) is 0 Å². The summed E-state index contributed by atoms with van der Waals surface area (Å²) in [6, 6.07) is 73.9. The smallest absolute Gasteiger partial charge is 0.180 e. The van der Waals surface area contributed by atoms with E-state index in [0.717, 1.165) is 33.2 Å². The minimum atomic E-state index is -3.00. The Balaban J connectivity index is 1.29. The van der Waals surface area contributed by atoms with Crippen LogP contribution in [-0.2, 0) is 0 Å². The predicted octanol–water partition coefficient (Wildman–Crippen LogP) is 9.00. The molecule has 5 heteroatoms. The molecular weight excluding hydrogens is 685 g/mol. The Morgan fingerprint density at radius 1 is 0.364 bits per heavy atom. The quantitative estimate of drug-likeness (QED) is 0.127. The van der Waals surface area contributed by atoms with Crippen LogP contribution in [0.1, 0.15) is 11.1 Å². The molecule has 10 rings (SSSR count). The minimum absolute atomic E-state index is 0.591. The lowest BCUT2D eigenvalue weighted by Gasteiger charge is -2.35. The third-order valence-electron chi connectivity index (χ3n) is 11.1.